The van der Waals surface area contributed by atoms with Gasteiger partial charge in [0.25, 0.3) is 0 Å². The molecule has 0 aliphatic rings. The van der Waals surface area contributed by atoms with Crippen LogP contribution in [0.5, 0.6) is 0 Å². The van der Waals surface area contributed by atoms with Crippen LogP contribution >= 0.6 is 0 Å². The topological polar surface area (TPSA) is 55.4 Å². The third-order valence-electron chi connectivity index (χ3n) is 6.20. The van der Waals surface area contributed by atoms with Gasteiger partial charge in [0.05, 0.1) is 0 Å². The molecule has 0 spiro atoms. The Balaban J connectivity index is 2.79. The summed E-state index contributed by atoms with van der Waals surface area (Å²) in [4.78, 5) is 0. The van der Waals surface area contributed by atoms with Crippen LogP contribution in [0.2, 0.25) is 0 Å². The lowest BCUT2D eigenvalue weighted by Crippen LogP contribution is -2.58. The number of benzene rings is 2. The molecule has 2 aromatic rings. The molecule has 232 valence electrons. The minimum atomic E-state index is -5.75. The number of halogens is 6. The first-order chi connectivity index (χ1) is 19.3. The predicted molar refractivity (Wildman–Crippen MR) is 146 cm³/mol. The molecule has 0 N–H and O–H groups in total. The maximum Gasteiger partial charge on any atom is 0.537 e. The Morgan fingerprint density at radius 3 is 0.829 bits per heavy atom. The normalized spacial score (nSPS) is 13.6. The lowest BCUT2D eigenvalue weighted by atomic mass is 9.73. The van der Waals surface area contributed by atoms with Crippen molar-refractivity contribution >= 4 is 28.0 Å². The van der Waals surface area contributed by atoms with E-state index in [4.69, 9.17) is 26.6 Å². The molecule has 2 rings (SSSR count). The van der Waals surface area contributed by atoms with Gasteiger partial charge in [-0.2, -0.15) is 26.3 Å². The summed E-state index contributed by atoms with van der Waals surface area (Å²) in [6.07, 6.45) is -11.5. The summed E-state index contributed by atoms with van der Waals surface area (Å²) in [5.41, 5.74) is -6.36. The Morgan fingerprint density at radius 1 is 0.439 bits per heavy atom. The molecule has 0 saturated carbocycles. The molecule has 0 heterocycles. The van der Waals surface area contributed by atoms with Crippen molar-refractivity contribution in [3.63, 3.8) is 0 Å². The van der Waals surface area contributed by atoms with Gasteiger partial charge in [0.15, 0.2) is 0 Å². The zero-order valence-electron chi connectivity index (χ0n) is 24.1. The number of rotatable bonds is 16. The van der Waals surface area contributed by atoms with Crippen molar-refractivity contribution in [1.29, 1.82) is 0 Å². The Kier molecular flexibility index (Phi) is 12.6. The van der Waals surface area contributed by atoms with Gasteiger partial charge in [-0.3, -0.25) is 0 Å². The van der Waals surface area contributed by atoms with Crippen LogP contribution in [-0.4, -0.2) is 69.6 Å². The van der Waals surface area contributed by atoms with Gasteiger partial charge in [-0.15, -0.1) is 0 Å². The molecule has 2 aromatic carbocycles. The molecule has 14 heteroatoms. The molecule has 0 atom stereocenters. The van der Waals surface area contributed by atoms with Crippen molar-refractivity contribution in [3.8, 4) is 0 Å². The van der Waals surface area contributed by atoms with E-state index in [2.05, 4.69) is 0 Å². The van der Waals surface area contributed by atoms with Crippen molar-refractivity contribution in [1.82, 2.24) is 0 Å². The smallest absolute Gasteiger partial charge is 0.370 e. The maximum absolute atomic E-state index is 14.8. The summed E-state index contributed by atoms with van der Waals surface area (Å²) in [5, 5.41) is 0.502. The fraction of sp³-hybridized carbons (Fsp3) is 0.556. The van der Waals surface area contributed by atoms with Crippen molar-refractivity contribution in [2.75, 3.05) is 39.6 Å². The van der Waals surface area contributed by atoms with E-state index in [1.807, 2.05) is 0 Å². The van der Waals surface area contributed by atoms with Gasteiger partial charge in [-0.1, -0.05) is 48.5 Å². The quantitative estimate of drug-likeness (QED) is 0.178. The van der Waals surface area contributed by atoms with Crippen molar-refractivity contribution in [3.05, 3.63) is 59.7 Å². The zero-order valence-corrected chi connectivity index (χ0v) is 26.1. The van der Waals surface area contributed by atoms with Gasteiger partial charge in [0, 0.05) is 50.0 Å². The van der Waals surface area contributed by atoms with Gasteiger partial charge in [-0.25, -0.2) is 0 Å². The minimum absolute atomic E-state index is 0.172. The van der Waals surface area contributed by atoms with Crippen molar-refractivity contribution in [2.45, 2.75) is 59.3 Å². The molecule has 0 aromatic heterocycles. The maximum atomic E-state index is 14.8. The second-order valence-electron chi connectivity index (χ2n) is 8.61. The summed E-state index contributed by atoms with van der Waals surface area (Å²) >= 11 is 0. The minimum Gasteiger partial charge on any atom is -0.370 e. The molecule has 0 aliphatic heterocycles. The van der Waals surface area contributed by atoms with Crippen LogP contribution in [0, 0.1) is 0 Å². The van der Waals surface area contributed by atoms with E-state index < -0.39 is 46.5 Å². The SMILES string of the molecule is CCO[Si](OCC)(OCC)c1ccc(C(c2ccc([Si](OCC)(OCC)OCC)cc2)(C(F)(F)F)C(F)(F)F)cc1. The molecule has 0 bridgehead atoms. The first kappa shape index (κ1) is 35.4. The highest BCUT2D eigenvalue weighted by Gasteiger charge is 2.72. The average molecular weight is 629 g/mol. The summed E-state index contributed by atoms with van der Waals surface area (Å²) in [6, 6.07) is 7.85. The van der Waals surface area contributed by atoms with Gasteiger partial charge in [-0.05, 0) is 52.7 Å². The number of alkyl halides is 6. The largest absolute Gasteiger partial charge is 0.537 e. The molecule has 0 saturated heterocycles. The van der Waals surface area contributed by atoms with E-state index in [-0.39, 0.29) is 50.0 Å². The second-order valence-corrected chi connectivity index (χ2v) is 13.7. The van der Waals surface area contributed by atoms with Crippen LogP contribution in [0.15, 0.2) is 48.5 Å². The van der Waals surface area contributed by atoms with E-state index >= 15 is 0 Å². The van der Waals surface area contributed by atoms with Gasteiger partial charge in [0.2, 0.25) is 5.41 Å². The van der Waals surface area contributed by atoms with Gasteiger partial charge >= 0.3 is 30.0 Å². The number of hydrogen-bond donors (Lipinski definition) is 0. The molecule has 6 nitrogen and oxygen atoms in total. The first-order valence-electron chi connectivity index (χ1n) is 13.5. The van der Waals surface area contributed by atoms with E-state index in [9.17, 15) is 26.3 Å². The predicted octanol–water partition coefficient (Wildman–Crippen LogP) is 5.61. The molecule has 41 heavy (non-hydrogen) atoms. The molecule has 0 fully saturated rings. The van der Waals surface area contributed by atoms with Crippen LogP contribution in [0.25, 0.3) is 0 Å². The van der Waals surface area contributed by atoms with Crippen LogP contribution in [0.3, 0.4) is 0 Å². The number of hydrogen-bond acceptors (Lipinski definition) is 6. The third kappa shape index (κ3) is 7.07. The lowest BCUT2D eigenvalue weighted by Gasteiger charge is -2.39. The molecule has 0 radical (unpaired) electrons. The van der Waals surface area contributed by atoms with E-state index in [1.54, 1.807) is 41.5 Å². The average Bonchev–Trinajstić information content (AvgIpc) is 2.89. The van der Waals surface area contributed by atoms with E-state index in [1.165, 1.54) is 0 Å². The van der Waals surface area contributed by atoms with Gasteiger partial charge in [0.1, 0.15) is 0 Å². The van der Waals surface area contributed by atoms with Crippen molar-refractivity contribution in [2.24, 2.45) is 0 Å². The third-order valence-corrected chi connectivity index (χ3v) is 12.3. The fourth-order valence-corrected chi connectivity index (χ4v) is 9.65. The summed E-state index contributed by atoms with van der Waals surface area (Å²) in [5.74, 6) is 0. The van der Waals surface area contributed by atoms with Gasteiger partial charge < -0.3 is 26.6 Å². The Morgan fingerprint density at radius 2 is 0.659 bits per heavy atom. The molecule has 0 aliphatic carbocycles. The Labute approximate surface area is 239 Å². The molecule has 0 unspecified atom stereocenters. The summed E-state index contributed by atoms with van der Waals surface area (Å²) < 4.78 is 123. The highest BCUT2D eigenvalue weighted by atomic mass is 28.4. The van der Waals surface area contributed by atoms with Crippen LogP contribution in [0.4, 0.5) is 26.3 Å². The first-order valence-corrected chi connectivity index (χ1v) is 16.9. The molecular formula is C27H38F6O6Si2. The Bertz CT molecular complexity index is 944. The van der Waals surface area contributed by atoms with Crippen LogP contribution < -0.4 is 10.4 Å². The highest BCUT2D eigenvalue weighted by molar-refractivity contribution is 6.75. The lowest BCUT2D eigenvalue weighted by molar-refractivity contribution is -0.288. The molecule has 0 amide bonds. The monoisotopic (exact) mass is 628 g/mol. The zero-order chi connectivity index (χ0) is 31.0. The fourth-order valence-electron chi connectivity index (χ4n) is 4.72. The summed E-state index contributed by atoms with van der Waals surface area (Å²) in [7, 11) is -7.15. The van der Waals surface area contributed by atoms with E-state index in [0.717, 1.165) is 48.5 Å². The van der Waals surface area contributed by atoms with Crippen LogP contribution in [-0.2, 0) is 32.0 Å². The second kappa shape index (κ2) is 14.6. The van der Waals surface area contributed by atoms with Crippen LogP contribution in [0.1, 0.15) is 52.7 Å². The Hall–Kier alpha value is -1.79. The van der Waals surface area contributed by atoms with Crippen molar-refractivity contribution < 1.29 is 52.9 Å². The van der Waals surface area contributed by atoms with E-state index in [0.29, 0.717) is 0 Å². The standard InChI is InChI=1S/C27H38F6O6Si2/c1-7-34-40(35-8-2,36-9-3)23-17-13-21(14-18-23)25(26(28,29)30,27(31,32)33)22-15-19-24(20-16-22)41(37-10-4,38-11-5)39-12-6/h13-20H,7-12H2,1-6H3. The highest BCUT2D eigenvalue weighted by Crippen LogP contribution is 2.56. The molecular weight excluding hydrogens is 590 g/mol. The summed E-state index contributed by atoms with van der Waals surface area (Å²) in [6.45, 7) is 11.2.